The van der Waals surface area contributed by atoms with E-state index in [9.17, 15) is 9.90 Å². The number of rotatable bonds is 4. The van der Waals surface area contributed by atoms with E-state index in [1.807, 2.05) is 24.3 Å². The van der Waals surface area contributed by atoms with Gasteiger partial charge >= 0.3 is 6.03 Å². The minimum atomic E-state index is -1.03. The molecule has 0 spiro atoms. The molecule has 2 aromatic rings. The van der Waals surface area contributed by atoms with Gasteiger partial charge in [-0.1, -0.05) is 24.3 Å². The Kier molecular flexibility index (Phi) is 5.12. The minimum Gasteiger partial charge on any atom is -0.482 e. The third-order valence-electron chi connectivity index (χ3n) is 4.67. The number of hydrogen-bond donors (Lipinski definition) is 3. The molecule has 2 aromatic carbocycles. The SMILES string of the molecule is N#Cc1cccc(NC(=O)N[C@H]2[C@H](O)[C@@H](Oc3ccccc3)[C@@H]3OC[C@H]2O3)c1. The summed E-state index contributed by atoms with van der Waals surface area (Å²) in [5, 5.41) is 25.1. The molecule has 0 radical (unpaired) electrons. The number of para-hydroxylation sites is 1. The zero-order valence-electron chi connectivity index (χ0n) is 14.8. The first-order chi connectivity index (χ1) is 13.6. The number of ether oxygens (including phenoxy) is 3. The Morgan fingerprint density at radius 2 is 2.04 bits per heavy atom. The standard InChI is InChI=1S/C20H19N3O5/c21-10-12-5-4-6-13(9-12)22-20(25)23-16-15-11-26-19(28-15)18(17(16)24)27-14-7-2-1-3-8-14/h1-9,15-19,24H,11H2,(H2,22,23,25)/t15-,16-,17+,18-,19-/m1/s1. The Hall–Kier alpha value is -3.12. The highest BCUT2D eigenvalue weighted by atomic mass is 16.7. The van der Waals surface area contributed by atoms with E-state index in [1.165, 1.54) is 0 Å². The number of benzene rings is 2. The molecule has 0 saturated carbocycles. The van der Waals surface area contributed by atoms with Gasteiger partial charge in [0.25, 0.3) is 0 Å². The molecule has 5 atom stereocenters. The van der Waals surface area contributed by atoms with Crippen LogP contribution < -0.4 is 15.4 Å². The van der Waals surface area contributed by atoms with Crippen molar-refractivity contribution in [3.63, 3.8) is 0 Å². The number of fused-ring (bicyclic) bond motifs is 2. The number of nitrogens with one attached hydrogen (secondary N) is 2. The molecule has 2 amide bonds. The Morgan fingerprint density at radius 1 is 1.21 bits per heavy atom. The summed E-state index contributed by atoms with van der Waals surface area (Å²) in [5.41, 5.74) is 0.905. The van der Waals surface area contributed by atoms with Crippen LogP contribution in [-0.2, 0) is 9.47 Å². The average Bonchev–Trinajstić information content (AvgIpc) is 3.16. The van der Waals surface area contributed by atoms with Crippen LogP contribution in [0.2, 0.25) is 0 Å². The van der Waals surface area contributed by atoms with Crippen molar-refractivity contribution >= 4 is 11.7 Å². The second-order valence-electron chi connectivity index (χ2n) is 6.58. The van der Waals surface area contributed by atoms with Crippen LogP contribution in [0.1, 0.15) is 5.56 Å². The molecular weight excluding hydrogens is 362 g/mol. The van der Waals surface area contributed by atoms with E-state index in [0.29, 0.717) is 17.0 Å². The van der Waals surface area contributed by atoms with Crippen LogP contribution in [0.3, 0.4) is 0 Å². The Labute approximate surface area is 161 Å². The largest absolute Gasteiger partial charge is 0.482 e. The number of carbonyl (C=O) groups is 1. The van der Waals surface area contributed by atoms with Crippen LogP contribution in [0.5, 0.6) is 5.75 Å². The smallest absolute Gasteiger partial charge is 0.319 e. The maximum absolute atomic E-state index is 12.4. The van der Waals surface area contributed by atoms with Gasteiger partial charge in [0.2, 0.25) is 0 Å². The molecule has 3 N–H and O–H groups in total. The van der Waals surface area contributed by atoms with E-state index in [2.05, 4.69) is 10.6 Å². The zero-order valence-corrected chi connectivity index (χ0v) is 14.8. The lowest BCUT2D eigenvalue weighted by Crippen LogP contribution is -2.62. The Bertz CT molecular complexity index is 885. The number of carbonyl (C=O) groups excluding carboxylic acids is 1. The van der Waals surface area contributed by atoms with Crippen LogP contribution in [0.15, 0.2) is 54.6 Å². The highest BCUT2D eigenvalue weighted by Crippen LogP contribution is 2.31. The van der Waals surface area contributed by atoms with Crippen molar-refractivity contribution in [3.05, 3.63) is 60.2 Å². The summed E-state index contributed by atoms with van der Waals surface area (Å²) in [5.74, 6) is 0.570. The molecule has 2 saturated heterocycles. The number of hydrogen-bond acceptors (Lipinski definition) is 6. The molecule has 8 heteroatoms. The fourth-order valence-corrected chi connectivity index (χ4v) is 3.33. The van der Waals surface area contributed by atoms with Crippen LogP contribution in [-0.4, -0.2) is 48.4 Å². The fourth-order valence-electron chi connectivity index (χ4n) is 3.33. The molecule has 2 fully saturated rings. The molecule has 144 valence electrons. The molecule has 2 aliphatic heterocycles. The molecule has 8 nitrogen and oxygen atoms in total. The van der Waals surface area contributed by atoms with Crippen molar-refractivity contribution in [1.29, 1.82) is 5.26 Å². The first kappa shape index (κ1) is 18.3. The van der Waals surface area contributed by atoms with E-state index in [-0.39, 0.29) is 6.61 Å². The number of aliphatic hydroxyl groups is 1. The summed E-state index contributed by atoms with van der Waals surface area (Å²) in [6.45, 7) is 0.241. The van der Waals surface area contributed by atoms with Crippen molar-refractivity contribution in [2.45, 2.75) is 30.6 Å². The van der Waals surface area contributed by atoms with Crippen LogP contribution in [0.4, 0.5) is 10.5 Å². The van der Waals surface area contributed by atoms with Gasteiger partial charge in [0, 0.05) is 5.69 Å². The van der Waals surface area contributed by atoms with Gasteiger partial charge in [0.15, 0.2) is 12.4 Å². The second kappa shape index (κ2) is 7.86. The molecule has 28 heavy (non-hydrogen) atoms. The number of amides is 2. The molecule has 2 heterocycles. The van der Waals surface area contributed by atoms with Crippen molar-refractivity contribution in [1.82, 2.24) is 5.32 Å². The number of nitrogens with zero attached hydrogens (tertiary/aromatic N) is 1. The van der Waals surface area contributed by atoms with E-state index < -0.39 is 36.7 Å². The molecule has 0 unspecified atom stereocenters. The first-order valence-electron chi connectivity index (χ1n) is 8.88. The van der Waals surface area contributed by atoms with Gasteiger partial charge in [-0.3, -0.25) is 0 Å². The number of aliphatic hydroxyl groups excluding tert-OH is 1. The maximum atomic E-state index is 12.4. The van der Waals surface area contributed by atoms with Gasteiger partial charge in [0.1, 0.15) is 18.0 Å². The molecule has 4 rings (SSSR count). The summed E-state index contributed by atoms with van der Waals surface area (Å²) in [6, 6.07) is 16.4. The normalized spacial score (nSPS) is 28.2. The highest BCUT2D eigenvalue weighted by molar-refractivity contribution is 5.89. The number of nitriles is 1. The molecule has 2 aliphatic rings. The van der Waals surface area contributed by atoms with Crippen molar-refractivity contribution in [3.8, 4) is 11.8 Å². The van der Waals surface area contributed by atoms with Gasteiger partial charge in [-0.15, -0.1) is 0 Å². The first-order valence-corrected chi connectivity index (χ1v) is 8.88. The van der Waals surface area contributed by atoms with Gasteiger partial charge in [-0.25, -0.2) is 4.79 Å². The van der Waals surface area contributed by atoms with Gasteiger partial charge in [-0.05, 0) is 30.3 Å². The summed E-state index contributed by atoms with van der Waals surface area (Å²) in [6.07, 6.45) is -2.99. The van der Waals surface area contributed by atoms with Crippen LogP contribution in [0.25, 0.3) is 0 Å². The van der Waals surface area contributed by atoms with Crippen molar-refractivity contribution < 1.29 is 24.1 Å². The van der Waals surface area contributed by atoms with E-state index >= 15 is 0 Å². The lowest BCUT2D eigenvalue weighted by atomic mass is 9.98. The van der Waals surface area contributed by atoms with Gasteiger partial charge in [0.05, 0.1) is 24.3 Å². The second-order valence-corrected chi connectivity index (χ2v) is 6.58. The third kappa shape index (κ3) is 3.77. The Balaban J connectivity index is 1.44. The molecule has 2 bridgehead atoms. The highest BCUT2D eigenvalue weighted by Gasteiger charge is 2.52. The van der Waals surface area contributed by atoms with Gasteiger partial charge < -0.3 is 30.0 Å². The lowest BCUT2D eigenvalue weighted by molar-refractivity contribution is -0.192. The van der Waals surface area contributed by atoms with Crippen LogP contribution in [0, 0.1) is 11.3 Å². The zero-order chi connectivity index (χ0) is 19.5. The van der Waals surface area contributed by atoms with Crippen molar-refractivity contribution in [2.24, 2.45) is 0 Å². The van der Waals surface area contributed by atoms with E-state index in [4.69, 9.17) is 19.5 Å². The molecular formula is C20H19N3O5. The average molecular weight is 381 g/mol. The van der Waals surface area contributed by atoms with Crippen LogP contribution >= 0.6 is 0 Å². The topological polar surface area (TPSA) is 113 Å². The fraction of sp³-hybridized carbons (Fsp3) is 0.300. The monoisotopic (exact) mass is 381 g/mol. The predicted octanol–water partition coefficient (Wildman–Crippen LogP) is 1.61. The van der Waals surface area contributed by atoms with Crippen molar-refractivity contribution in [2.75, 3.05) is 11.9 Å². The van der Waals surface area contributed by atoms with E-state index in [0.717, 1.165) is 0 Å². The Morgan fingerprint density at radius 3 is 2.82 bits per heavy atom. The molecule has 0 aliphatic carbocycles. The summed E-state index contributed by atoms with van der Waals surface area (Å²) >= 11 is 0. The quantitative estimate of drug-likeness (QED) is 0.742. The summed E-state index contributed by atoms with van der Waals surface area (Å²) in [7, 11) is 0. The third-order valence-corrected chi connectivity index (χ3v) is 4.67. The number of anilines is 1. The summed E-state index contributed by atoms with van der Waals surface area (Å²) in [4.78, 5) is 12.4. The predicted molar refractivity (Wildman–Crippen MR) is 98.6 cm³/mol. The van der Waals surface area contributed by atoms with Gasteiger partial charge in [-0.2, -0.15) is 5.26 Å². The van der Waals surface area contributed by atoms with E-state index in [1.54, 1.807) is 36.4 Å². The molecule has 0 aromatic heterocycles. The lowest BCUT2D eigenvalue weighted by Gasteiger charge is -2.38. The number of urea groups is 1. The summed E-state index contributed by atoms with van der Waals surface area (Å²) < 4.78 is 17.2. The minimum absolute atomic E-state index is 0.241. The maximum Gasteiger partial charge on any atom is 0.319 e.